The fraction of sp³-hybridized carbons (Fsp3) is 0.0526. The monoisotopic (exact) mass is 383 g/mol. The first-order chi connectivity index (χ1) is 12.5. The van der Waals surface area contributed by atoms with E-state index in [2.05, 4.69) is 0 Å². The van der Waals surface area contributed by atoms with E-state index in [-0.39, 0.29) is 15.2 Å². The van der Waals surface area contributed by atoms with Crippen LogP contribution in [0.4, 0.5) is 17.1 Å². The van der Waals surface area contributed by atoms with Gasteiger partial charge in [0.15, 0.2) is 0 Å². The number of nitrogen functional groups attached to an aromatic ring is 2. The van der Waals surface area contributed by atoms with E-state index in [1.165, 1.54) is 12.1 Å². The van der Waals surface area contributed by atoms with Crippen molar-refractivity contribution in [1.82, 2.24) is 0 Å². The summed E-state index contributed by atoms with van der Waals surface area (Å²) in [6.45, 7) is 0. The number of hydrogen-bond donors (Lipinski definition) is 2. The van der Waals surface area contributed by atoms with Crippen molar-refractivity contribution in [3.63, 3.8) is 0 Å². The Morgan fingerprint density at radius 1 is 0.731 bits per heavy atom. The van der Waals surface area contributed by atoms with Gasteiger partial charge in [0, 0.05) is 33.3 Å². The van der Waals surface area contributed by atoms with Gasteiger partial charge in [0.25, 0.3) is 5.69 Å². The topological polar surface area (TPSA) is 95.2 Å². The Morgan fingerprint density at radius 2 is 1.15 bits per heavy atom. The molecule has 0 saturated heterocycles. The van der Waals surface area contributed by atoms with E-state index < -0.39 is 0 Å². The normalized spacial score (nSPS) is 10.8. The van der Waals surface area contributed by atoms with Gasteiger partial charge in [0.2, 0.25) is 0 Å². The summed E-state index contributed by atoms with van der Waals surface area (Å²) in [6.07, 6.45) is 0. The molecule has 0 heterocycles. The molecule has 26 heavy (non-hydrogen) atoms. The van der Waals surface area contributed by atoms with Crippen molar-refractivity contribution < 1.29 is 4.92 Å². The molecule has 0 atom stereocenters. The Morgan fingerprint density at radius 3 is 1.54 bits per heavy atom. The maximum Gasteiger partial charge on any atom is 0.269 e. The largest absolute Gasteiger partial charge is 0.399 e. The molecule has 0 aliphatic heterocycles. The summed E-state index contributed by atoms with van der Waals surface area (Å²) >= 11 is 3.34. The third-order valence-electron chi connectivity index (χ3n) is 3.62. The van der Waals surface area contributed by atoms with Crippen LogP contribution in [0.2, 0.25) is 0 Å². The maximum atomic E-state index is 10.9. The first kappa shape index (κ1) is 18.2. The summed E-state index contributed by atoms with van der Waals surface area (Å²) in [5, 5.41) is 10.9. The zero-order valence-corrected chi connectivity index (χ0v) is 15.4. The van der Waals surface area contributed by atoms with E-state index in [1.807, 2.05) is 48.5 Å². The Bertz CT molecular complexity index is 835. The number of nitro groups is 1. The minimum atomic E-state index is -0.390. The fourth-order valence-corrected chi connectivity index (χ4v) is 4.78. The van der Waals surface area contributed by atoms with Crippen LogP contribution in [0.3, 0.4) is 0 Å². The predicted octanol–water partition coefficient (Wildman–Crippen LogP) is 5.34. The van der Waals surface area contributed by atoms with Gasteiger partial charge in [-0.05, 0) is 54.1 Å². The van der Waals surface area contributed by atoms with Gasteiger partial charge < -0.3 is 11.5 Å². The Kier molecular flexibility index (Phi) is 5.70. The van der Waals surface area contributed by atoms with E-state index in [1.54, 1.807) is 35.7 Å². The van der Waals surface area contributed by atoms with Crippen molar-refractivity contribution >= 4 is 40.6 Å². The van der Waals surface area contributed by atoms with Gasteiger partial charge in [-0.3, -0.25) is 10.1 Å². The van der Waals surface area contributed by atoms with Crippen molar-refractivity contribution in [2.75, 3.05) is 11.5 Å². The van der Waals surface area contributed by atoms with Crippen LogP contribution in [0.1, 0.15) is 10.1 Å². The summed E-state index contributed by atoms with van der Waals surface area (Å²) in [5.74, 6) is 0. The third-order valence-corrected chi connectivity index (χ3v) is 6.26. The number of nitrogens with zero attached hydrogens (tertiary/aromatic N) is 1. The number of non-ortho nitro benzene ring substituents is 1. The number of nitro benzene ring substituents is 1. The van der Waals surface area contributed by atoms with E-state index >= 15 is 0 Å². The molecule has 0 fully saturated rings. The van der Waals surface area contributed by atoms with E-state index in [4.69, 9.17) is 11.5 Å². The highest BCUT2D eigenvalue weighted by Crippen LogP contribution is 2.47. The molecule has 132 valence electrons. The molecule has 0 aliphatic rings. The fourth-order valence-electron chi connectivity index (χ4n) is 2.25. The van der Waals surface area contributed by atoms with E-state index in [0.29, 0.717) is 11.4 Å². The number of thioether (sulfide) groups is 2. The molecule has 3 aromatic rings. The summed E-state index contributed by atoms with van der Waals surface area (Å²) in [7, 11) is 0. The van der Waals surface area contributed by atoms with Crippen LogP contribution in [-0.2, 0) is 0 Å². The number of rotatable bonds is 6. The highest BCUT2D eigenvalue weighted by atomic mass is 32.2. The Labute approximate surface area is 159 Å². The molecule has 3 rings (SSSR count). The van der Waals surface area contributed by atoms with Crippen LogP contribution >= 0.6 is 23.5 Å². The summed E-state index contributed by atoms with van der Waals surface area (Å²) < 4.78 is 0.0306. The standard InChI is InChI=1S/C19H17N3O2S2/c20-14-3-9-17(10-4-14)25-19(26-18-11-5-15(21)6-12-18)13-1-7-16(8-2-13)22(23)24/h1-12,19H,20-21H2. The second kappa shape index (κ2) is 8.16. The van der Waals surface area contributed by atoms with Crippen LogP contribution in [0.25, 0.3) is 0 Å². The highest BCUT2D eigenvalue weighted by Gasteiger charge is 2.17. The van der Waals surface area contributed by atoms with Crippen LogP contribution < -0.4 is 11.5 Å². The van der Waals surface area contributed by atoms with Crippen molar-refractivity contribution in [1.29, 1.82) is 0 Å². The molecule has 0 unspecified atom stereocenters. The van der Waals surface area contributed by atoms with Gasteiger partial charge >= 0.3 is 0 Å². The van der Waals surface area contributed by atoms with Gasteiger partial charge in [0.05, 0.1) is 9.51 Å². The first-order valence-corrected chi connectivity index (χ1v) is 9.56. The van der Waals surface area contributed by atoms with Crippen molar-refractivity contribution in [2.24, 2.45) is 0 Å². The molecule has 4 N–H and O–H groups in total. The molecular weight excluding hydrogens is 366 g/mol. The summed E-state index contributed by atoms with van der Waals surface area (Å²) in [5.41, 5.74) is 14.0. The van der Waals surface area contributed by atoms with Crippen LogP contribution in [0.15, 0.2) is 82.6 Å². The van der Waals surface area contributed by atoms with Crippen LogP contribution in [0, 0.1) is 10.1 Å². The molecule has 0 spiro atoms. The Balaban J connectivity index is 1.87. The number of nitrogens with two attached hydrogens (primary N) is 2. The lowest BCUT2D eigenvalue weighted by Crippen LogP contribution is -1.93. The van der Waals surface area contributed by atoms with Gasteiger partial charge in [0.1, 0.15) is 0 Å². The van der Waals surface area contributed by atoms with E-state index in [0.717, 1.165) is 15.4 Å². The molecule has 3 aromatic carbocycles. The minimum Gasteiger partial charge on any atom is -0.399 e. The zero-order valence-electron chi connectivity index (χ0n) is 13.7. The molecule has 0 radical (unpaired) electrons. The minimum absolute atomic E-state index is 0.0306. The van der Waals surface area contributed by atoms with Gasteiger partial charge in [-0.15, -0.1) is 23.5 Å². The molecule has 5 nitrogen and oxygen atoms in total. The molecule has 0 aliphatic carbocycles. The predicted molar refractivity (Wildman–Crippen MR) is 109 cm³/mol. The first-order valence-electron chi connectivity index (χ1n) is 7.80. The quantitative estimate of drug-likeness (QED) is 0.196. The second-order valence-electron chi connectivity index (χ2n) is 5.55. The Hall–Kier alpha value is -2.64. The van der Waals surface area contributed by atoms with Crippen LogP contribution in [0.5, 0.6) is 0 Å². The molecule has 0 bridgehead atoms. The maximum absolute atomic E-state index is 10.9. The molecule has 0 amide bonds. The summed E-state index contributed by atoms with van der Waals surface area (Å²) in [4.78, 5) is 12.7. The van der Waals surface area contributed by atoms with Gasteiger partial charge in [-0.25, -0.2) is 0 Å². The van der Waals surface area contributed by atoms with Gasteiger partial charge in [-0.1, -0.05) is 12.1 Å². The lowest BCUT2D eigenvalue weighted by Gasteiger charge is -2.17. The van der Waals surface area contributed by atoms with Crippen molar-refractivity contribution in [3.8, 4) is 0 Å². The lowest BCUT2D eigenvalue weighted by atomic mass is 10.2. The number of anilines is 2. The second-order valence-corrected chi connectivity index (χ2v) is 8.21. The smallest absolute Gasteiger partial charge is 0.269 e. The average molecular weight is 383 g/mol. The average Bonchev–Trinajstić information content (AvgIpc) is 2.65. The highest BCUT2D eigenvalue weighted by molar-refractivity contribution is 8.16. The number of benzene rings is 3. The summed E-state index contributed by atoms with van der Waals surface area (Å²) in [6, 6.07) is 22.0. The third kappa shape index (κ3) is 4.71. The van der Waals surface area contributed by atoms with Crippen LogP contribution in [-0.4, -0.2) is 4.92 Å². The molecular formula is C19H17N3O2S2. The SMILES string of the molecule is Nc1ccc(SC(Sc2ccc(N)cc2)c2ccc([N+](=O)[O-])cc2)cc1. The zero-order chi connectivity index (χ0) is 18.5. The van der Waals surface area contributed by atoms with Crippen molar-refractivity contribution in [2.45, 2.75) is 14.4 Å². The van der Waals surface area contributed by atoms with E-state index in [9.17, 15) is 10.1 Å². The number of hydrogen-bond acceptors (Lipinski definition) is 6. The molecule has 7 heteroatoms. The lowest BCUT2D eigenvalue weighted by molar-refractivity contribution is -0.384. The van der Waals surface area contributed by atoms with Gasteiger partial charge in [-0.2, -0.15) is 0 Å². The molecule has 0 aromatic heterocycles. The molecule has 0 saturated carbocycles. The van der Waals surface area contributed by atoms with Crippen molar-refractivity contribution in [3.05, 3.63) is 88.5 Å².